The summed E-state index contributed by atoms with van der Waals surface area (Å²) in [5.74, 6) is -0.820. The number of fused-ring (bicyclic) bond motifs is 1. The van der Waals surface area contributed by atoms with Gasteiger partial charge in [-0.1, -0.05) is 54.6 Å². The van der Waals surface area contributed by atoms with Gasteiger partial charge in [0, 0.05) is 30.1 Å². The zero-order valence-corrected chi connectivity index (χ0v) is 19.2. The number of anilines is 1. The van der Waals surface area contributed by atoms with Crippen LogP contribution in [0.15, 0.2) is 102 Å². The largest absolute Gasteiger partial charge is 0.481 e. The van der Waals surface area contributed by atoms with Crippen LogP contribution in [0.4, 0.5) is 5.69 Å². The monoisotopic (exact) mass is 472 g/mol. The molecular weight excluding hydrogens is 448 g/mol. The molecule has 3 aromatic carbocycles. The molecule has 4 aromatic rings. The summed E-state index contributed by atoms with van der Waals surface area (Å²) in [6, 6.07) is 23.6. The lowest BCUT2D eigenvalue weighted by Gasteiger charge is -2.12. The molecule has 4 rings (SSSR count). The molecule has 34 heavy (non-hydrogen) atoms. The van der Waals surface area contributed by atoms with Crippen LogP contribution in [0, 0.1) is 0 Å². The van der Waals surface area contributed by atoms with Crippen molar-refractivity contribution in [3.63, 3.8) is 0 Å². The van der Waals surface area contributed by atoms with Gasteiger partial charge in [-0.2, -0.15) is 0 Å². The van der Waals surface area contributed by atoms with E-state index in [0.717, 1.165) is 27.5 Å². The minimum Gasteiger partial charge on any atom is -0.481 e. The Kier molecular flexibility index (Phi) is 7.04. The average Bonchev–Trinajstić information content (AvgIpc) is 2.84. The second kappa shape index (κ2) is 10.3. The van der Waals surface area contributed by atoms with Gasteiger partial charge in [-0.25, -0.2) is 8.42 Å². The molecule has 2 N–H and O–H groups in total. The highest BCUT2D eigenvalue weighted by Crippen LogP contribution is 2.27. The number of aliphatic carboxylic acids is 1. The summed E-state index contributed by atoms with van der Waals surface area (Å²) in [7, 11) is -3.75. The first-order valence-electron chi connectivity index (χ1n) is 10.9. The van der Waals surface area contributed by atoms with E-state index in [1.54, 1.807) is 42.7 Å². The molecule has 0 fully saturated rings. The van der Waals surface area contributed by atoms with Gasteiger partial charge in [-0.05, 0) is 65.1 Å². The van der Waals surface area contributed by atoms with E-state index < -0.39 is 16.0 Å². The van der Waals surface area contributed by atoms with Gasteiger partial charge in [0.15, 0.2) is 0 Å². The normalized spacial score (nSPS) is 11.9. The minimum atomic E-state index is -3.75. The van der Waals surface area contributed by atoms with Crippen LogP contribution in [0.2, 0.25) is 0 Å². The summed E-state index contributed by atoms with van der Waals surface area (Å²) < 4.78 is 28.5. The molecule has 172 valence electrons. The zero-order valence-electron chi connectivity index (χ0n) is 18.4. The van der Waals surface area contributed by atoms with Crippen molar-refractivity contribution in [1.82, 2.24) is 4.98 Å². The molecule has 0 aliphatic carbocycles. The smallest absolute Gasteiger partial charge is 0.303 e. The maximum Gasteiger partial charge on any atom is 0.303 e. The molecule has 0 radical (unpaired) electrons. The van der Waals surface area contributed by atoms with Crippen molar-refractivity contribution in [1.29, 1.82) is 0 Å². The predicted molar refractivity (Wildman–Crippen MR) is 134 cm³/mol. The Bertz CT molecular complexity index is 1430. The highest BCUT2D eigenvalue weighted by Gasteiger charge is 2.15. The Morgan fingerprint density at radius 1 is 0.912 bits per heavy atom. The highest BCUT2D eigenvalue weighted by atomic mass is 32.2. The van der Waals surface area contributed by atoms with E-state index in [9.17, 15) is 13.2 Å². The average molecular weight is 473 g/mol. The fourth-order valence-corrected chi connectivity index (χ4v) is 4.78. The molecule has 7 heteroatoms. The number of carboxylic acids is 1. The summed E-state index contributed by atoms with van der Waals surface area (Å²) in [4.78, 5) is 15.2. The van der Waals surface area contributed by atoms with Gasteiger partial charge in [-0.15, -0.1) is 0 Å². The molecule has 0 aliphatic rings. The van der Waals surface area contributed by atoms with Crippen molar-refractivity contribution in [2.24, 2.45) is 0 Å². The molecule has 0 amide bonds. The molecular formula is C27H24N2O4S. The summed E-state index contributed by atoms with van der Waals surface area (Å²) in [5, 5.41) is 10.7. The molecule has 6 nitrogen and oxygen atoms in total. The van der Waals surface area contributed by atoms with Crippen molar-refractivity contribution < 1.29 is 18.3 Å². The van der Waals surface area contributed by atoms with Crippen molar-refractivity contribution in [2.75, 3.05) is 4.72 Å². The van der Waals surface area contributed by atoms with Gasteiger partial charge in [0.2, 0.25) is 0 Å². The Hall–Kier alpha value is -3.97. The highest BCUT2D eigenvalue weighted by molar-refractivity contribution is 7.92. The number of aromatic nitrogens is 1. The van der Waals surface area contributed by atoms with Crippen molar-refractivity contribution in [3.05, 3.63) is 108 Å². The quantitative estimate of drug-likeness (QED) is 0.304. The second-order valence-corrected chi connectivity index (χ2v) is 9.52. The third kappa shape index (κ3) is 5.68. The van der Waals surface area contributed by atoms with Gasteiger partial charge in [-0.3, -0.25) is 14.5 Å². The molecule has 0 saturated carbocycles. The molecule has 1 heterocycles. The first-order chi connectivity index (χ1) is 16.4. The van der Waals surface area contributed by atoms with E-state index >= 15 is 0 Å². The molecule has 0 aliphatic heterocycles. The first-order valence-corrected chi connectivity index (χ1v) is 12.4. The maximum absolute atomic E-state index is 12.9. The van der Waals surface area contributed by atoms with E-state index in [1.807, 2.05) is 54.6 Å². The molecule has 0 saturated heterocycles. The lowest BCUT2D eigenvalue weighted by Crippen LogP contribution is -2.12. The van der Waals surface area contributed by atoms with Crippen LogP contribution in [-0.2, 0) is 14.8 Å². The zero-order chi connectivity index (χ0) is 24.0. The van der Waals surface area contributed by atoms with Gasteiger partial charge >= 0.3 is 5.97 Å². The van der Waals surface area contributed by atoms with E-state index in [0.29, 0.717) is 18.5 Å². The molecule has 0 bridgehead atoms. The summed E-state index contributed by atoms with van der Waals surface area (Å²) in [6.45, 7) is 0. The summed E-state index contributed by atoms with van der Waals surface area (Å²) >= 11 is 0. The minimum absolute atomic E-state index is 0.103. The van der Waals surface area contributed by atoms with Crippen molar-refractivity contribution in [2.45, 2.75) is 24.2 Å². The van der Waals surface area contributed by atoms with Crippen LogP contribution in [0.3, 0.4) is 0 Å². The number of nitrogens with one attached hydrogen (secondary N) is 1. The molecule has 0 spiro atoms. The fraction of sp³-hybridized carbons (Fsp3) is 0.111. The maximum atomic E-state index is 12.9. The van der Waals surface area contributed by atoms with Crippen molar-refractivity contribution >= 4 is 38.0 Å². The van der Waals surface area contributed by atoms with E-state index in [4.69, 9.17) is 5.11 Å². The molecule has 0 unspecified atom stereocenters. The fourth-order valence-electron chi connectivity index (χ4n) is 3.69. The van der Waals surface area contributed by atoms with Gasteiger partial charge in [0.05, 0.1) is 4.90 Å². The van der Waals surface area contributed by atoms with Crippen LogP contribution in [0.1, 0.15) is 30.4 Å². The number of hydrogen-bond acceptors (Lipinski definition) is 4. The van der Waals surface area contributed by atoms with Crippen LogP contribution in [0.25, 0.3) is 16.3 Å². The number of hydrogen-bond donors (Lipinski definition) is 2. The van der Waals surface area contributed by atoms with Crippen molar-refractivity contribution in [3.8, 4) is 0 Å². The third-order valence-electron chi connectivity index (χ3n) is 5.40. The number of carboxylic acid groups (broad SMARTS) is 1. The van der Waals surface area contributed by atoms with Crippen LogP contribution >= 0.6 is 0 Å². The Morgan fingerprint density at radius 2 is 1.68 bits per heavy atom. The van der Waals surface area contributed by atoms with E-state index in [-0.39, 0.29) is 11.3 Å². The lowest BCUT2D eigenvalue weighted by molar-refractivity contribution is -0.137. The number of carbonyl (C=O) groups is 1. The SMILES string of the molecule is O=C(O)CCC/C=C(/c1ccc(NS(=O)(=O)c2ccc3ccccc3c2)cc1)c1cccnc1. The van der Waals surface area contributed by atoms with E-state index in [2.05, 4.69) is 9.71 Å². The lowest BCUT2D eigenvalue weighted by atomic mass is 9.97. The standard InChI is InChI=1S/C27H24N2O4S/c30-27(31)10-4-3-9-26(23-8-5-17-28-19-23)21-11-14-24(15-12-21)29-34(32,33)25-16-13-20-6-1-2-7-22(20)18-25/h1-2,5-9,11-19,29H,3-4,10H2,(H,30,31)/b26-9-. The molecule has 1 aromatic heterocycles. The Labute approximate surface area is 198 Å². The predicted octanol–water partition coefficient (Wildman–Crippen LogP) is 5.72. The topological polar surface area (TPSA) is 96.4 Å². The summed E-state index contributed by atoms with van der Waals surface area (Å²) in [5.41, 5.74) is 3.16. The number of nitrogens with zero attached hydrogens (tertiary/aromatic N) is 1. The van der Waals surface area contributed by atoms with Crippen LogP contribution < -0.4 is 4.72 Å². The third-order valence-corrected chi connectivity index (χ3v) is 6.77. The first kappa shape index (κ1) is 23.2. The van der Waals surface area contributed by atoms with Gasteiger partial charge in [0.1, 0.15) is 0 Å². The van der Waals surface area contributed by atoms with Crippen LogP contribution in [-0.4, -0.2) is 24.5 Å². The van der Waals surface area contributed by atoms with Crippen LogP contribution in [0.5, 0.6) is 0 Å². The van der Waals surface area contributed by atoms with Gasteiger partial charge < -0.3 is 5.11 Å². The Balaban J connectivity index is 1.56. The second-order valence-electron chi connectivity index (χ2n) is 7.84. The number of unbranched alkanes of at least 4 members (excludes halogenated alkanes) is 1. The number of benzene rings is 3. The Morgan fingerprint density at radius 3 is 2.38 bits per heavy atom. The summed E-state index contributed by atoms with van der Waals surface area (Å²) in [6.07, 6.45) is 6.67. The number of sulfonamides is 1. The number of allylic oxidation sites excluding steroid dienone is 1. The van der Waals surface area contributed by atoms with E-state index in [1.165, 1.54) is 0 Å². The molecule has 0 atom stereocenters. The van der Waals surface area contributed by atoms with Gasteiger partial charge in [0.25, 0.3) is 10.0 Å². The number of rotatable bonds is 9. The number of pyridine rings is 1.